The first-order chi connectivity index (χ1) is 5.59. The highest BCUT2D eigenvalue weighted by Crippen LogP contribution is 2.19. The summed E-state index contributed by atoms with van der Waals surface area (Å²) in [5.74, 6) is 0. The van der Waals surface area contributed by atoms with Gasteiger partial charge in [0.25, 0.3) is 0 Å². The second-order valence-electron chi connectivity index (χ2n) is 2.24. The number of hydrogen-bond acceptors (Lipinski definition) is 4. The van der Waals surface area contributed by atoms with Gasteiger partial charge >= 0.3 is 6.03 Å². The van der Waals surface area contributed by atoms with Crippen molar-refractivity contribution in [3.63, 3.8) is 0 Å². The van der Waals surface area contributed by atoms with Crippen molar-refractivity contribution in [1.29, 1.82) is 0 Å². The van der Waals surface area contributed by atoms with E-state index in [1.807, 2.05) is 0 Å². The van der Waals surface area contributed by atoms with E-state index < -0.39 is 12.1 Å². The summed E-state index contributed by atoms with van der Waals surface area (Å²) in [6.07, 6.45) is -0.621. The lowest BCUT2D eigenvalue weighted by molar-refractivity contribution is 0.195. The van der Waals surface area contributed by atoms with Crippen LogP contribution in [0.15, 0.2) is 5.38 Å². The Balaban J connectivity index is 2.70. The van der Waals surface area contributed by atoms with Gasteiger partial charge in [0, 0.05) is 5.38 Å². The van der Waals surface area contributed by atoms with Gasteiger partial charge < -0.3 is 10.8 Å². The van der Waals surface area contributed by atoms with Crippen molar-refractivity contribution < 1.29 is 9.90 Å². The average molecular weight is 187 g/mol. The van der Waals surface area contributed by atoms with E-state index in [9.17, 15) is 4.79 Å². The number of nitrogens with one attached hydrogen (secondary N) is 1. The molecule has 1 aromatic heterocycles. The first kappa shape index (κ1) is 8.95. The smallest absolute Gasteiger partial charge is 0.318 e. The molecule has 1 rings (SSSR count). The lowest BCUT2D eigenvalue weighted by Gasteiger charge is -1.96. The Labute approximate surface area is 73.2 Å². The fraction of sp³-hybridized carbons (Fsp3) is 0.333. The minimum Gasteiger partial charge on any atom is -0.387 e. The Morgan fingerprint density at radius 3 is 3.00 bits per heavy atom. The van der Waals surface area contributed by atoms with Gasteiger partial charge in [0.15, 0.2) is 5.13 Å². The van der Waals surface area contributed by atoms with E-state index >= 15 is 0 Å². The normalized spacial score (nSPS) is 12.5. The summed E-state index contributed by atoms with van der Waals surface area (Å²) in [7, 11) is 0. The van der Waals surface area contributed by atoms with Crippen LogP contribution in [0, 0.1) is 0 Å². The number of carbonyl (C=O) groups excluding carboxylic acids is 1. The van der Waals surface area contributed by atoms with Gasteiger partial charge in [-0.3, -0.25) is 5.32 Å². The van der Waals surface area contributed by atoms with Gasteiger partial charge in [-0.25, -0.2) is 9.78 Å². The molecular formula is C6H9N3O2S. The number of urea groups is 1. The van der Waals surface area contributed by atoms with Crippen LogP contribution in [0.2, 0.25) is 0 Å². The molecule has 1 aromatic rings. The van der Waals surface area contributed by atoms with Gasteiger partial charge in [0.05, 0.1) is 11.8 Å². The largest absolute Gasteiger partial charge is 0.387 e. The molecule has 0 bridgehead atoms. The van der Waals surface area contributed by atoms with Crippen LogP contribution in [0.1, 0.15) is 18.7 Å². The molecule has 1 atom stereocenters. The van der Waals surface area contributed by atoms with Crippen LogP contribution >= 0.6 is 11.3 Å². The molecule has 1 heterocycles. The Morgan fingerprint density at radius 1 is 1.92 bits per heavy atom. The lowest BCUT2D eigenvalue weighted by atomic mass is 10.3. The monoisotopic (exact) mass is 187 g/mol. The predicted octanol–water partition coefficient (Wildman–Crippen LogP) is 0.687. The van der Waals surface area contributed by atoms with Crippen LogP contribution in [0.5, 0.6) is 0 Å². The number of aromatic nitrogens is 1. The lowest BCUT2D eigenvalue weighted by Crippen LogP contribution is -2.19. The highest BCUT2D eigenvalue weighted by atomic mass is 32.1. The van der Waals surface area contributed by atoms with Gasteiger partial charge in [-0.05, 0) is 6.92 Å². The highest BCUT2D eigenvalue weighted by Gasteiger charge is 2.07. The summed E-state index contributed by atoms with van der Waals surface area (Å²) in [6, 6.07) is -0.651. The zero-order chi connectivity index (χ0) is 9.14. The van der Waals surface area contributed by atoms with Crippen molar-refractivity contribution in [3.8, 4) is 0 Å². The van der Waals surface area contributed by atoms with Crippen LogP contribution in [-0.2, 0) is 0 Å². The van der Waals surface area contributed by atoms with E-state index in [1.165, 1.54) is 11.3 Å². The molecule has 0 aliphatic carbocycles. The zero-order valence-electron chi connectivity index (χ0n) is 6.44. The molecule has 0 aliphatic heterocycles. The SMILES string of the molecule is CC(O)c1csc(NC(N)=O)n1. The molecule has 4 N–H and O–H groups in total. The number of rotatable bonds is 2. The maximum atomic E-state index is 10.4. The number of nitrogens with two attached hydrogens (primary N) is 1. The maximum Gasteiger partial charge on any atom is 0.318 e. The summed E-state index contributed by atoms with van der Waals surface area (Å²) in [5.41, 5.74) is 5.40. The number of hydrogen-bond donors (Lipinski definition) is 3. The maximum absolute atomic E-state index is 10.4. The fourth-order valence-electron chi connectivity index (χ4n) is 0.641. The van der Waals surface area contributed by atoms with Crippen LogP contribution < -0.4 is 11.1 Å². The van der Waals surface area contributed by atoms with E-state index in [4.69, 9.17) is 10.8 Å². The number of aliphatic hydroxyl groups is 1. The number of aliphatic hydroxyl groups excluding tert-OH is 1. The number of primary amides is 1. The van der Waals surface area contributed by atoms with E-state index in [-0.39, 0.29) is 0 Å². The second kappa shape index (κ2) is 3.51. The molecule has 6 heteroatoms. The van der Waals surface area contributed by atoms with E-state index in [2.05, 4.69) is 10.3 Å². The van der Waals surface area contributed by atoms with E-state index in [0.29, 0.717) is 10.8 Å². The minimum absolute atomic E-state index is 0.401. The number of thiazole rings is 1. The molecule has 0 saturated heterocycles. The summed E-state index contributed by atoms with van der Waals surface area (Å²) in [4.78, 5) is 14.3. The Bertz CT molecular complexity index is 284. The number of nitrogens with zero attached hydrogens (tertiary/aromatic N) is 1. The predicted molar refractivity (Wildman–Crippen MR) is 46.0 cm³/mol. The summed E-state index contributed by atoms with van der Waals surface area (Å²) in [6.45, 7) is 1.60. The second-order valence-corrected chi connectivity index (χ2v) is 3.10. The van der Waals surface area contributed by atoms with Crippen LogP contribution in [0.25, 0.3) is 0 Å². The molecule has 0 spiro atoms. The van der Waals surface area contributed by atoms with Gasteiger partial charge in [-0.1, -0.05) is 0 Å². The van der Waals surface area contributed by atoms with Gasteiger partial charge in [0.1, 0.15) is 0 Å². The molecule has 0 saturated carbocycles. The van der Waals surface area contributed by atoms with E-state index in [1.54, 1.807) is 12.3 Å². The molecule has 5 nitrogen and oxygen atoms in total. The number of anilines is 1. The van der Waals surface area contributed by atoms with E-state index in [0.717, 1.165) is 0 Å². The molecule has 1 unspecified atom stereocenters. The number of carbonyl (C=O) groups is 1. The highest BCUT2D eigenvalue weighted by molar-refractivity contribution is 7.13. The molecule has 66 valence electrons. The Morgan fingerprint density at radius 2 is 2.58 bits per heavy atom. The van der Waals surface area contributed by atoms with Gasteiger partial charge in [-0.2, -0.15) is 0 Å². The summed E-state index contributed by atoms with van der Waals surface area (Å²) in [5, 5.41) is 13.5. The van der Waals surface area contributed by atoms with Crippen molar-refractivity contribution >= 4 is 22.5 Å². The first-order valence-corrected chi connectivity index (χ1v) is 4.17. The molecule has 0 aromatic carbocycles. The standard InChI is InChI=1S/C6H9N3O2S/c1-3(10)4-2-12-6(8-4)9-5(7)11/h2-3,10H,1H3,(H3,7,8,9,11). The topological polar surface area (TPSA) is 88.2 Å². The minimum atomic E-state index is -0.651. The molecule has 0 fully saturated rings. The molecule has 2 amide bonds. The third-order valence-electron chi connectivity index (χ3n) is 1.18. The van der Waals surface area contributed by atoms with Crippen molar-refractivity contribution in [2.45, 2.75) is 13.0 Å². The fourth-order valence-corrected chi connectivity index (χ4v) is 1.44. The number of amides is 2. The van der Waals surface area contributed by atoms with Crippen LogP contribution in [0.3, 0.4) is 0 Å². The van der Waals surface area contributed by atoms with Crippen molar-refractivity contribution in [1.82, 2.24) is 4.98 Å². The van der Waals surface area contributed by atoms with Crippen molar-refractivity contribution in [3.05, 3.63) is 11.1 Å². The third kappa shape index (κ3) is 2.18. The molecule has 0 aliphatic rings. The van der Waals surface area contributed by atoms with Crippen molar-refractivity contribution in [2.75, 3.05) is 5.32 Å². The summed E-state index contributed by atoms with van der Waals surface area (Å²) >= 11 is 1.22. The Kier molecular flexibility index (Phi) is 2.61. The quantitative estimate of drug-likeness (QED) is 0.636. The molecule has 12 heavy (non-hydrogen) atoms. The summed E-state index contributed by atoms with van der Waals surface area (Å²) < 4.78 is 0. The third-order valence-corrected chi connectivity index (χ3v) is 1.96. The van der Waals surface area contributed by atoms with Crippen LogP contribution in [0.4, 0.5) is 9.93 Å². The zero-order valence-corrected chi connectivity index (χ0v) is 7.26. The first-order valence-electron chi connectivity index (χ1n) is 3.29. The van der Waals surface area contributed by atoms with Gasteiger partial charge in [-0.15, -0.1) is 11.3 Å². The molecule has 0 radical (unpaired) electrons. The van der Waals surface area contributed by atoms with Gasteiger partial charge in [0.2, 0.25) is 0 Å². The van der Waals surface area contributed by atoms with Crippen LogP contribution in [-0.4, -0.2) is 16.1 Å². The molecular weight excluding hydrogens is 178 g/mol. The Hall–Kier alpha value is -1.14. The average Bonchev–Trinajstić information content (AvgIpc) is 2.34. The van der Waals surface area contributed by atoms with Crippen molar-refractivity contribution in [2.24, 2.45) is 5.73 Å².